The lowest BCUT2D eigenvalue weighted by Gasteiger charge is -2.01. The molecule has 2 N–H and O–H groups in total. The molecule has 0 bridgehead atoms. The van der Waals surface area contributed by atoms with Crippen molar-refractivity contribution in [2.24, 2.45) is 11.7 Å². The average molecular weight is 372 g/mol. The number of hydrogen-bond acceptors (Lipinski definition) is 1. The van der Waals surface area contributed by atoms with E-state index in [2.05, 4.69) is 42.5 Å². The standard InChI is InChI=1S/C16H22.C7H13NO.C2H6/c1-3-9-15(10-4-1)11-5-2-6-12-16-13-7-8-14-16;1-2-3-4-5-6-7(8)9;1-2/h1,3-4,6,9-10,12,16H,2,5,7-8,11,13-14H2;2-3H,4-6H2,1H3,(H2,8,9);1-2H3/b12-6+;3-2-;. The Balaban J connectivity index is 0.000000528. The fourth-order valence-electron chi connectivity index (χ4n) is 3.07. The predicted molar refractivity (Wildman–Crippen MR) is 120 cm³/mol. The molecular formula is C25H41NO. The van der Waals surface area contributed by atoms with Crippen LogP contribution in [0.25, 0.3) is 0 Å². The topological polar surface area (TPSA) is 43.1 Å². The number of hydrogen-bond donors (Lipinski definition) is 1. The van der Waals surface area contributed by atoms with E-state index in [1.165, 1.54) is 50.5 Å². The maximum absolute atomic E-state index is 10.2. The second-order valence-electron chi connectivity index (χ2n) is 6.78. The summed E-state index contributed by atoms with van der Waals surface area (Å²) in [6, 6.07) is 10.8. The van der Waals surface area contributed by atoms with Crippen LogP contribution in [0.5, 0.6) is 0 Å². The molecule has 0 radical (unpaired) electrons. The van der Waals surface area contributed by atoms with Crippen LogP contribution in [0.1, 0.15) is 84.1 Å². The maximum Gasteiger partial charge on any atom is 0.217 e. The van der Waals surface area contributed by atoms with E-state index in [-0.39, 0.29) is 5.91 Å². The zero-order chi connectivity index (χ0) is 20.2. The molecule has 2 rings (SSSR count). The van der Waals surface area contributed by atoms with Gasteiger partial charge in [0.15, 0.2) is 0 Å². The van der Waals surface area contributed by atoms with Crippen molar-refractivity contribution in [3.05, 3.63) is 60.2 Å². The lowest BCUT2D eigenvalue weighted by Crippen LogP contribution is -2.09. The third-order valence-corrected chi connectivity index (χ3v) is 4.52. The van der Waals surface area contributed by atoms with E-state index in [1.54, 1.807) is 0 Å². The molecule has 0 unspecified atom stereocenters. The lowest BCUT2D eigenvalue weighted by atomic mass is 10.1. The van der Waals surface area contributed by atoms with E-state index < -0.39 is 0 Å². The SMILES string of the molecule is C(=C\C1CCCC1)/CCCc1ccccc1.C/C=C\CCCC(N)=O.CC. The van der Waals surface area contributed by atoms with Crippen LogP contribution in [0.15, 0.2) is 54.6 Å². The molecule has 152 valence electrons. The summed E-state index contributed by atoms with van der Waals surface area (Å²) < 4.78 is 0. The van der Waals surface area contributed by atoms with E-state index in [0.29, 0.717) is 6.42 Å². The fraction of sp³-hybridized carbons (Fsp3) is 0.560. The molecule has 27 heavy (non-hydrogen) atoms. The largest absolute Gasteiger partial charge is 0.370 e. The van der Waals surface area contributed by atoms with Crippen molar-refractivity contribution in [3.8, 4) is 0 Å². The molecule has 1 saturated carbocycles. The van der Waals surface area contributed by atoms with Gasteiger partial charge in [0.25, 0.3) is 0 Å². The normalized spacial score (nSPS) is 13.9. The molecule has 0 saturated heterocycles. The lowest BCUT2D eigenvalue weighted by molar-refractivity contribution is -0.118. The number of aryl methyl sites for hydroxylation is 1. The molecule has 0 aromatic heterocycles. The van der Waals surface area contributed by atoms with E-state index >= 15 is 0 Å². The van der Waals surface area contributed by atoms with Crippen molar-refractivity contribution in [1.82, 2.24) is 0 Å². The average Bonchev–Trinajstić information content (AvgIpc) is 3.21. The summed E-state index contributed by atoms with van der Waals surface area (Å²) in [7, 11) is 0. The Bertz CT molecular complexity index is 498. The van der Waals surface area contributed by atoms with Gasteiger partial charge in [-0.15, -0.1) is 0 Å². The minimum atomic E-state index is -0.209. The van der Waals surface area contributed by atoms with Crippen LogP contribution in [0, 0.1) is 5.92 Å². The van der Waals surface area contributed by atoms with Crippen LogP contribution in [0.2, 0.25) is 0 Å². The summed E-state index contributed by atoms with van der Waals surface area (Å²) >= 11 is 0. The van der Waals surface area contributed by atoms with Crippen LogP contribution in [0.3, 0.4) is 0 Å². The molecule has 0 spiro atoms. The third kappa shape index (κ3) is 16.1. The Hall–Kier alpha value is -1.83. The molecule has 1 aliphatic carbocycles. The van der Waals surface area contributed by atoms with Gasteiger partial charge in [-0.05, 0) is 63.4 Å². The van der Waals surface area contributed by atoms with E-state index in [1.807, 2.05) is 32.9 Å². The predicted octanol–water partition coefficient (Wildman–Crippen LogP) is 7.00. The van der Waals surface area contributed by atoms with Gasteiger partial charge in [0.05, 0.1) is 0 Å². The van der Waals surface area contributed by atoms with Gasteiger partial charge in [-0.1, -0.05) is 81.3 Å². The van der Waals surface area contributed by atoms with E-state index in [4.69, 9.17) is 5.73 Å². The molecule has 1 aromatic carbocycles. The quantitative estimate of drug-likeness (QED) is 0.368. The summed E-state index contributed by atoms with van der Waals surface area (Å²) in [6.45, 7) is 5.96. The monoisotopic (exact) mass is 371 g/mol. The zero-order valence-electron chi connectivity index (χ0n) is 17.8. The number of primary amides is 1. The summed E-state index contributed by atoms with van der Waals surface area (Å²) in [5, 5.41) is 0. The Morgan fingerprint density at radius 3 is 2.26 bits per heavy atom. The summed E-state index contributed by atoms with van der Waals surface area (Å²) in [5.41, 5.74) is 6.38. The van der Waals surface area contributed by atoms with Crippen molar-refractivity contribution < 1.29 is 4.79 Å². The van der Waals surface area contributed by atoms with Crippen LogP contribution in [0.4, 0.5) is 0 Å². The number of benzene rings is 1. The molecule has 1 aromatic rings. The van der Waals surface area contributed by atoms with Crippen molar-refractivity contribution in [3.63, 3.8) is 0 Å². The van der Waals surface area contributed by atoms with Gasteiger partial charge in [-0.3, -0.25) is 4.79 Å². The van der Waals surface area contributed by atoms with Crippen molar-refractivity contribution in [2.45, 2.75) is 85.0 Å². The summed E-state index contributed by atoms with van der Waals surface area (Å²) in [4.78, 5) is 10.2. The first-order valence-electron chi connectivity index (χ1n) is 10.8. The number of carbonyl (C=O) groups excluding carboxylic acids is 1. The molecular weight excluding hydrogens is 330 g/mol. The zero-order valence-corrected chi connectivity index (χ0v) is 17.8. The molecule has 0 heterocycles. The van der Waals surface area contributed by atoms with E-state index in [0.717, 1.165) is 18.8 Å². The van der Waals surface area contributed by atoms with Crippen molar-refractivity contribution in [1.29, 1.82) is 0 Å². The second-order valence-corrected chi connectivity index (χ2v) is 6.78. The third-order valence-electron chi connectivity index (χ3n) is 4.52. The number of amides is 1. The molecule has 0 aliphatic heterocycles. The molecule has 1 amide bonds. The van der Waals surface area contributed by atoms with E-state index in [9.17, 15) is 4.79 Å². The number of unbranched alkanes of at least 4 members (excludes halogenated alkanes) is 2. The highest BCUT2D eigenvalue weighted by molar-refractivity contribution is 5.73. The molecule has 1 aliphatic rings. The number of allylic oxidation sites excluding steroid dienone is 4. The van der Waals surface area contributed by atoms with Gasteiger partial charge in [-0.2, -0.15) is 0 Å². The van der Waals surface area contributed by atoms with Gasteiger partial charge in [0, 0.05) is 6.42 Å². The second kappa shape index (κ2) is 18.9. The van der Waals surface area contributed by atoms with Crippen LogP contribution in [-0.2, 0) is 11.2 Å². The molecule has 0 atom stereocenters. The van der Waals surface area contributed by atoms with Gasteiger partial charge < -0.3 is 5.73 Å². The highest BCUT2D eigenvalue weighted by Crippen LogP contribution is 2.25. The minimum absolute atomic E-state index is 0.209. The van der Waals surface area contributed by atoms with Crippen LogP contribution in [-0.4, -0.2) is 5.91 Å². The minimum Gasteiger partial charge on any atom is -0.370 e. The Morgan fingerprint density at radius 2 is 1.67 bits per heavy atom. The highest BCUT2D eigenvalue weighted by Gasteiger charge is 2.10. The highest BCUT2D eigenvalue weighted by atomic mass is 16.1. The Kier molecular flexibility index (Phi) is 17.7. The Labute approximate surface area is 167 Å². The smallest absolute Gasteiger partial charge is 0.217 e. The first kappa shape index (κ1) is 25.2. The van der Waals surface area contributed by atoms with Crippen LogP contribution >= 0.6 is 0 Å². The maximum atomic E-state index is 10.2. The summed E-state index contributed by atoms with van der Waals surface area (Å²) in [6.07, 6.45) is 20.7. The molecule has 1 fully saturated rings. The van der Waals surface area contributed by atoms with Gasteiger partial charge >= 0.3 is 0 Å². The fourth-order valence-corrected chi connectivity index (χ4v) is 3.07. The van der Waals surface area contributed by atoms with Crippen molar-refractivity contribution in [2.75, 3.05) is 0 Å². The summed E-state index contributed by atoms with van der Waals surface area (Å²) in [5.74, 6) is 0.691. The number of rotatable bonds is 9. The molecule has 2 heteroatoms. The Morgan fingerprint density at radius 1 is 1.04 bits per heavy atom. The van der Waals surface area contributed by atoms with Gasteiger partial charge in [0.1, 0.15) is 0 Å². The number of nitrogens with two attached hydrogens (primary N) is 1. The molecule has 2 nitrogen and oxygen atoms in total. The van der Waals surface area contributed by atoms with Gasteiger partial charge in [0.2, 0.25) is 5.91 Å². The van der Waals surface area contributed by atoms with Crippen molar-refractivity contribution >= 4 is 5.91 Å². The van der Waals surface area contributed by atoms with Crippen LogP contribution < -0.4 is 5.73 Å². The number of carbonyl (C=O) groups is 1. The first-order chi connectivity index (χ1) is 13.2. The van der Waals surface area contributed by atoms with Gasteiger partial charge in [-0.25, -0.2) is 0 Å². The first-order valence-corrected chi connectivity index (χ1v) is 10.8.